The van der Waals surface area contributed by atoms with Crippen molar-refractivity contribution in [1.29, 1.82) is 0 Å². The molecule has 0 amide bonds. The molecule has 0 bridgehead atoms. The van der Waals surface area contributed by atoms with Crippen molar-refractivity contribution in [3.8, 4) is 11.6 Å². The maximum atomic E-state index is 5.20. The van der Waals surface area contributed by atoms with Crippen LogP contribution in [0, 0.1) is 6.92 Å². The van der Waals surface area contributed by atoms with Gasteiger partial charge in [-0.05, 0) is 26.0 Å². The Hall–Kier alpha value is -1.82. The number of nitrogens with zero attached hydrogens (tertiary/aromatic N) is 4. The van der Waals surface area contributed by atoms with Gasteiger partial charge in [0.05, 0.1) is 0 Å². The third-order valence-electron chi connectivity index (χ3n) is 2.77. The zero-order chi connectivity index (χ0) is 13.0. The summed E-state index contributed by atoms with van der Waals surface area (Å²) in [7, 11) is 1.93. The van der Waals surface area contributed by atoms with Crippen molar-refractivity contribution < 1.29 is 4.52 Å². The summed E-state index contributed by atoms with van der Waals surface area (Å²) < 4.78 is 5.20. The van der Waals surface area contributed by atoms with Crippen molar-refractivity contribution in [2.75, 3.05) is 7.05 Å². The Morgan fingerprint density at radius 2 is 2.00 bits per heavy atom. The Morgan fingerprint density at radius 1 is 1.28 bits per heavy atom. The van der Waals surface area contributed by atoms with E-state index in [9.17, 15) is 0 Å². The van der Waals surface area contributed by atoms with Crippen LogP contribution >= 0.6 is 0 Å². The lowest BCUT2D eigenvalue weighted by molar-refractivity contribution is 0.359. The Balaban J connectivity index is 2.12. The zero-order valence-electron chi connectivity index (χ0n) is 10.8. The molecule has 0 aliphatic rings. The van der Waals surface area contributed by atoms with E-state index in [1.807, 2.05) is 14.0 Å². The minimum Gasteiger partial charge on any atom is -0.339 e. The van der Waals surface area contributed by atoms with Crippen LogP contribution in [-0.2, 0) is 6.42 Å². The second-order valence-corrected chi connectivity index (χ2v) is 4.19. The summed E-state index contributed by atoms with van der Waals surface area (Å²) in [4.78, 5) is 12.6. The largest absolute Gasteiger partial charge is 0.339 e. The smallest absolute Gasteiger partial charge is 0.240 e. The fraction of sp³-hybridized carbons (Fsp3) is 0.500. The van der Waals surface area contributed by atoms with Crippen LogP contribution in [0.15, 0.2) is 16.9 Å². The van der Waals surface area contributed by atoms with E-state index in [4.69, 9.17) is 4.52 Å². The highest BCUT2D eigenvalue weighted by molar-refractivity contribution is 5.40. The van der Waals surface area contributed by atoms with Gasteiger partial charge >= 0.3 is 0 Å². The summed E-state index contributed by atoms with van der Waals surface area (Å²) >= 11 is 0. The van der Waals surface area contributed by atoms with Gasteiger partial charge in [-0.1, -0.05) is 12.1 Å². The average Bonchev–Trinajstić information content (AvgIpc) is 2.85. The van der Waals surface area contributed by atoms with E-state index in [2.05, 4.69) is 32.3 Å². The number of aryl methyl sites for hydroxylation is 1. The predicted molar refractivity (Wildman–Crippen MR) is 66.9 cm³/mol. The Kier molecular flexibility index (Phi) is 3.99. The van der Waals surface area contributed by atoms with Gasteiger partial charge in [0.15, 0.2) is 0 Å². The minimum atomic E-state index is 0.345. The quantitative estimate of drug-likeness (QED) is 0.860. The summed E-state index contributed by atoms with van der Waals surface area (Å²) in [6.07, 6.45) is 5.20. The zero-order valence-corrected chi connectivity index (χ0v) is 10.8. The summed E-state index contributed by atoms with van der Waals surface area (Å²) in [5, 5.41) is 7.10. The molecule has 0 saturated heterocycles. The molecule has 0 spiro atoms. The van der Waals surface area contributed by atoms with Crippen LogP contribution in [0.2, 0.25) is 0 Å². The van der Waals surface area contributed by atoms with E-state index >= 15 is 0 Å². The van der Waals surface area contributed by atoms with Crippen LogP contribution in [0.5, 0.6) is 0 Å². The van der Waals surface area contributed by atoms with Crippen molar-refractivity contribution in [3.05, 3.63) is 23.8 Å². The Morgan fingerprint density at radius 3 is 2.61 bits per heavy atom. The molecule has 0 fully saturated rings. The normalized spacial score (nSPS) is 12.6. The standard InChI is InChI=1S/C12H17N5O/c1-4-9(13-3)5-10-16-12(17-18-10)11-14-6-8(2)7-15-11/h6-7,9,13H,4-5H2,1-3H3. The summed E-state index contributed by atoms with van der Waals surface area (Å²) in [5.41, 5.74) is 1.00. The molecule has 1 unspecified atom stereocenters. The average molecular weight is 247 g/mol. The van der Waals surface area contributed by atoms with E-state index in [1.165, 1.54) is 0 Å². The third kappa shape index (κ3) is 2.89. The number of hydrogen-bond donors (Lipinski definition) is 1. The van der Waals surface area contributed by atoms with Gasteiger partial charge < -0.3 is 9.84 Å². The first-order chi connectivity index (χ1) is 8.72. The maximum Gasteiger partial charge on any atom is 0.240 e. The van der Waals surface area contributed by atoms with Crippen molar-refractivity contribution in [2.45, 2.75) is 32.7 Å². The van der Waals surface area contributed by atoms with Gasteiger partial charge in [0, 0.05) is 24.9 Å². The topological polar surface area (TPSA) is 76.7 Å². The van der Waals surface area contributed by atoms with Gasteiger partial charge in [-0.3, -0.25) is 0 Å². The van der Waals surface area contributed by atoms with Crippen LogP contribution in [0.25, 0.3) is 11.6 Å². The molecule has 2 aromatic heterocycles. The molecule has 0 aliphatic carbocycles. The SMILES string of the molecule is CCC(Cc1nc(-c2ncc(C)cn2)no1)NC. The number of aromatic nitrogens is 4. The molecule has 18 heavy (non-hydrogen) atoms. The molecule has 0 aromatic carbocycles. The molecule has 1 N–H and O–H groups in total. The molecule has 0 aliphatic heterocycles. The fourth-order valence-electron chi connectivity index (χ4n) is 1.60. The number of hydrogen-bond acceptors (Lipinski definition) is 6. The molecule has 2 rings (SSSR count). The van der Waals surface area contributed by atoms with Crippen molar-refractivity contribution in [2.24, 2.45) is 0 Å². The summed E-state index contributed by atoms with van der Waals surface area (Å²) in [5.74, 6) is 1.54. The molecule has 96 valence electrons. The lowest BCUT2D eigenvalue weighted by Gasteiger charge is -2.09. The summed E-state index contributed by atoms with van der Waals surface area (Å²) in [6.45, 7) is 4.05. The van der Waals surface area contributed by atoms with Gasteiger partial charge in [-0.25, -0.2) is 9.97 Å². The van der Waals surface area contributed by atoms with Crippen LogP contribution in [0.4, 0.5) is 0 Å². The lowest BCUT2D eigenvalue weighted by Crippen LogP contribution is -2.26. The monoisotopic (exact) mass is 247 g/mol. The number of rotatable bonds is 5. The highest BCUT2D eigenvalue weighted by Gasteiger charge is 2.14. The van der Waals surface area contributed by atoms with Crippen LogP contribution in [-0.4, -0.2) is 33.2 Å². The second-order valence-electron chi connectivity index (χ2n) is 4.19. The Labute approximate surface area is 106 Å². The first-order valence-electron chi connectivity index (χ1n) is 6.01. The number of likely N-dealkylation sites (N-methyl/N-ethyl adjacent to an activating group) is 1. The van der Waals surface area contributed by atoms with Gasteiger partial charge in [-0.15, -0.1) is 0 Å². The lowest BCUT2D eigenvalue weighted by atomic mass is 10.1. The molecule has 2 aromatic rings. The molecule has 6 heteroatoms. The van der Waals surface area contributed by atoms with E-state index in [0.29, 0.717) is 30.0 Å². The Bertz CT molecular complexity index is 489. The second kappa shape index (κ2) is 5.68. The summed E-state index contributed by atoms with van der Waals surface area (Å²) in [6, 6.07) is 0.345. The fourth-order valence-corrected chi connectivity index (χ4v) is 1.60. The van der Waals surface area contributed by atoms with Gasteiger partial charge in [0.2, 0.25) is 17.5 Å². The van der Waals surface area contributed by atoms with E-state index in [1.54, 1.807) is 12.4 Å². The van der Waals surface area contributed by atoms with Gasteiger partial charge in [0.1, 0.15) is 0 Å². The van der Waals surface area contributed by atoms with E-state index in [0.717, 1.165) is 12.0 Å². The maximum absolute atomic E-state index is 5.20. The van der Waals surface area contributed by atoms with Crippen LogP contribution in [0.3, 0.4) is 0 Å². The first kappa shape index (κ1) is 12.6. The van der Waals surface area contributed by atoms with Gasteiger partial charge in [-0.2, -0.15) is 4.98 Å². The molecule has 0 radical (unpaired) electrons. The van der Waals surface area contributed by atoms with Crippen molar-refractivity contribution >= 4 is 0 Å². The molecular formula is C12H17N5O. The van der Waals surface area contributed by atoms with Crippen molar-refractivity contribution in [1.82, 2.24) is 25.4 Å². The highest BCUT2D eigenvalue weighted by atomic mass is 16.5. The molecule has 1 atom stereocenters. The molecule has 0 saturated carbocycles. The minimum absolute atomic E-state index is 0.345. The van der Waals surface area contributed by atoms with E-state index < -0.39 is 0 Å². The van der Waals surface area contributed by atoms with Gasteiger partial charge in [0.25, 0.3) is 0 Å². The molecule has 2 heterocycles. The van der Waals surface area contributed by atoms with Crippen LogP contribution < -0.4 is 5.32 Å². The molecule has 6 nitrogen and oxygen atoms in total. The van der Waals surface area contributed by atoms with Crippen LogP contribution in [0.1, 0.15) is 24.8 Å². The highest BCUT2D eigenvalue weighted by Crippen LogP contribution is 2.11. The predicted octanol–water partition coefficient (Wildman–Crippen LogP) is 1.38. The first-order valence-corrected chi connectivity index (χ1v) is 6.01. The third-order valence-corrected chi connectivity index (χ3v) is 2.77. The molecular weight excluding hydrogens is 230 g/mol. The van der Waals surface area contributed by atoms with E-state index in [-0.39, 0.29) is 0 Å². The van der Waals surface area contributed by atoms with Crippen molar-refractivity contribution in [3.63, 3.8) is 0 Å². The number of nitrogens with one attached hydrogen (secondary N) is 1.